The predicted octanol–water partition coefficient (Wildman–Crippen LogP) is 8.22. The van der Waals surface area contributed by atoms with Gasteiger partial charge in [-0.25, -0.2) is 9.97 Å². The van der Waals surface area contributed by atoms with Crippen LogP contribution in [0.3, 0.4) is 0 Å². The van der Waals surface area contributed by atoms with Gasteiger partial charge in [-0.15, -0.1) is 11.3 Å². The van der Waals surface area contributed by atoms with Gasteiger partial charge in [0.15, 0.2) is 0 Å². The van der Waals surface area contributed by atoms with E-state index in [-0.39, 0.29) is 5.41 Å². The molecule has 3 aromatic carbocycles. The third-order valence-electron chi connectivity index (χ3n) is 6.01. The van der Waals surface area contributed by atoms with Gasteiger partial charge in [0.1, 0.15) is 12.1 Å². The van der Waals surface area contributed by atoms with Gasteiger partial charge in [0.05, 0.1) is 11.1 Å². The largest absolute Gasteiger partial charge is 0.438 e. The van der Waals surface area contributed by atoms with Crippen LogP contribution in [0.15, 0.2) is 82.9 Å². The van der Waals surface area contributed by atoms with Crippen LogP contribution in [-0.2, 0) is 5.41 Å². The van der Waals surface area contributed by atoms with Gasteiger partial charge in [-0.2, -0.15) is 0 Å². The quantitative estimate of drug-likeness (QED) is 0.275. The average Bonchev–Trinajstić information content (AvgIpc) is 3.43. The zero-order chi connectivity index (χ0) is 21.9. The summed E-state index contributed by atoms with van der Waals surface area (Å²) in [6, 6.07) is 23.7. The van der Waals surface area contributed by atoms with Crippen molar-refractivity contribution in [2.75, 3.05) is 0 Å². The molecule has 0 bridgehead atoms. The van der Waals surface area contributed by atoms with E-state index < -0.39 is 0 Å². The van der Waals surface area contributed by atoms with Gasteiger partial charge in [-0.1, -0.05) is 45.0 Å². The van der Waals surface area contributed by atoms with E-state index in [1.807, 2.05) is 0 Å². The van der Waals surface area contributed by atoms with Crippen LogP contribution in [0.1, 0.15) is 26.3 Å². The Morgan fingerprint density at radius 2 is 1.62 bits per heavy atom. The fourth-order valence-electron chi connectivity index (χ4n) is 4.42. The maximum atomic E-state index is 6.18. The van der Waals surface area contributed by atoms with Gasteiger partial charge in [-0.05, 0) is 75.0 Å². The van der Waals surface area contributed by atoms with Crippen molar-refractivity contribution in [1.82, 2.24) is 9.97 Å². The Labute approximate surface area is 190 Å². The fourth-order valence-corrected chi connectivity index (χ4v) is 5.19. The number of rotatable bonds is 2. The summed E-state index contributed by atoms with van der Waals surface area (Å²) in [4.78, 5) is 9.11. The second kappa shape index (κ2) is 7.01. The lowest BCUT2D eigenvalue weighted by atomic mass is 9.82. The summed E-state index contributed by atoms with van der Waals surface area (Å²) in [5, 5.41) is 6.77. The first-order valence-corrected chi connectivity index (χ1v) is 11.6. The lowest BCUT2D eigenvalue weighted by Gasteiger charge is -2.22. The maximum Gasteiger partial charge on any atom is 0.230 e. The first kappa shape index (κ1) is 19.2. The zero-order valence-electron chi connectivity index (χ0n) is 18.2. The van der Waals surface area contributed by atoms with E-state index in [4.69, 9.17) is 4.42 Å². The van der Waals surface area contributed by atoms with Crippen LogP contribution in [0.4, 0.5) is 0 Å². The molecule has 0 N–H and O–H groups in total. The third-order valence-corrected chi connectivity index (χ3v) is 6.91. The molecule has 0 aliphatic rings. The van der Waals surface area contributed by atoms with Crippen molar-refractivity contribution in [2.45, 2.75) is 26.2 Å². The number of fused-ring (bicyclic) bond motifs is 3. The van der Waals surface area contributed by atoms with Crippen LogP contribution >= 0.6 is 11.3 Å². The minimum absolute atomic E-state index is 0.0132. The van der Waals surface area contributed by atoms with Gasteiger partial charge >= 0.3 is 0 Å². The first-order valence-electron chi connectivity index (χ1n) is 10.7. The minimum atomic E-state index is 0.0132. The van der Waals surface area contributed by atoms with E-state index in [0.717, 1.165) is 28.0 Å². The molecule has 4 heteroatoms. The van der Waals surface area contributed by atoms with E-state index >= 15 is 0 Å². The zero-order valence-corrected chi connectivity index (χ0v) is 19.0. The first-order chi connectivity index (χ1) is 15.5. The third kappa shape index (κ3) is 3.10. The second-order valence-electron chi connectivity index (χ2n) is 9.22. The lowest BCUT2D eigenvalue weighted by Crippen LogP contribution is -2.12. The summed E-state index contributed by atoms with van der Waals surface area (Å²) in [6.45, 7) is 6.76. The molecule has 0 unspecified atom stereocenters. The highest BCUT2D eigenvalue weighted by molar-refractivity contribution is 7.17. The maximum absolute atomic E-state index is 6.18. The highest BCUT2D eigenvalue weighted by atomic mass is 32.1. The van der Waals surface area contributed by atoms with Crippen molar-refractivity contribution in [3.05, 3.63) is 84.0 Å². The molecule has 3 aromatic heterocycles. The summed E-state index contributed by atoms with van der Waals surface area (Å²) < 4.78 is 7.45. The van der Waals surface area contributed by atoms with Gasteiger partial charge in [0.2, 0.25) is 5.71 Å². The SMILES string of the molecule is CC(C)(C)c1cc(-c2ncnc3oc(-c4ccc5sccc5c4)cc23)cc2ccccc12. The molecule has 0 atom stereocenters. The Hall–Kier alpha value is -3.50. The highest BCUT2D eigenvalue weighted by Gasteiger charge is 2.20. The minimum Gasteiger partial charge on any atom is -0.438 e. The predicted molar refractivity (Wildman–Crippen MR) is 134 cm³/mol. The van der Waals surface area contributed by atoms with E-state index in [2.05, 4.69) is 103 Å². The molecule has 0 saturated heterocycles. The Balaban J connectivity index is 1.56. The van der Waals surface area contributed by atoms with Crippen molar-refractivity contribution < 1.29 is 4.42 Å². The number of furan rings is 1. The second-order valence-corrected chi connectivity index (χ2v) is 10.2. The van der Waals surface area contributed by atoms with Crippen LogP contribution in [0, 0.1) is 0 Å². The van der Waals surface area contributed by atoms with Crippen LogP contribution in [0.25, 0.3) is 54.5 Å². The summed E-state index contributed by atoms with van der Waals surface area (Å²) in [6.07, 6.45) is 1.60. The van der Waals surface area contributed by atoms with Crippen LogP contribution < -0.4 is 0 Å². The monoisotopic (exact) mass is 434 g/mol. The standard InChI is InChI=1S/C28H22N2OS/c1-28(2,3)23-14-20(12-17-6-4-5-7-21(17)23)26-22-15-24(31-27(22)30-16-29-26)18-8-9-25-19(13-18)10-11-32-25/h4-16H,1-3H3. The average molecular weight is 435 g/mol. The van der Waals surface area contributed by atoms with Crippen LogP contribution in [-0.4, -0.2) is 9.97 Å². The topological polar surface area (TPSA) is 38.9 Å². The molecule has 156 valence electrons. The molecule has 0 aliphatic heterocycles. The molecular formula is C28H22N2OS. The Morgan fingerprint density at radius 1 is 0.781 bits per heavy atom. The van der Waals surface area contributed by atoms with Crippen molar-refractivity contribution in [2.24, 2.45) is 0 Å². The number of thiophene rings is 1. The molecule has 0 fully saturated rings. The summed E-state index contributed by atoms with van der Waals surface area (Å²) in [7, 11) is 0. The van der Waals surface area contributed by atoms with Crippen LogP contribution in [0.5, 0.6) is 0 Å². The van der Waals surface area contributed by atoms with E-state index in [1.54, 1.807) is 17.7 Å². The summed E-state index contributed by atoms with van der Waals surface area (Å²) in [5.41, 5.74) is 4.97. The van der Waals surface area contributed by atoms with Crippen molar-refractivity contribution in [3.63, 3.8) is 0 Å². The molecule has 6 rings (SSSR count). The molecule has 3 nitrogen and oxygen atoms in total. The van der Waals surface area contributed by atoms with E-state index in [9.17, 15) is 0 Å². The van der Waals surface area contributed by atoms with Gasteiger partial charge in [-0.3, -0.25) is 0 Å². The van der Waals surface area contributed by atoms with Crippen molar-refractivity contribution in [3.8, 4) is 22.6 Å². The summed E-state index contributed by atoms with van der Waals surface area (Å²) >= 11 is 1.75. The van der Waals surface area contributed by atoms with Gasteiger partial charge < -0.3 is 4.42 Å². The van der Waals surface area contributed by atoms with E-state index in [1.165, 1.54) is 26.4 Å². The van der Waals surface area contributed by atoms with Crippen molar-refractivity contribution >= 4 is 43.3 Å². The van der Waals surface area contributed by atoms with Crippen molar-refractivity contribution in [1.29, 1.82) is 0 Å². The normalized spacial score (nSPS) is 12.2. The lowest BCUT2D eigenvalue weighted by molar-refractivity contribution is 0.596. The molecule has 6 aromatic rings. The fraction of sp³-hybridized carbons (Fsp3) is 0.143. The Kier molecular flexibility index (Phi) is 4.21. The highest BCUT2D eigenvalue weighted by Crippen LogP contribution is 2.38. The molecular weight excluding hydrogens is 412 g/mol. The van der Waals surface area contributed by atoms with E-state index in [0.29, 0.717) is 5.71 Å². The molecule has 0 saturated carbocycles. The smallest absolute Gasteiger partial charge is 0.230 e. The number of aromatic nitrogens is 2. The number of nitrogens with zero attached hydrogens (tertiary/aromatic N) is 2. The Bertz CT molecular complexity index is 1620. The molecule has 0 spiro atoms. The number of hydrogen-bond acceptors (Lipinski definition) is 4. The Morgan fingerprint density at radius 3 is 2.50 bits per heavy atom. The number of hydrogen-bond donors (Lipinski definition) is 0. The molecule has 3 heterocycles. The molecule has 0 radical (unpaired) electrons. The van der Waals surface area contributed by atoms with Crippen LogP contribution in [0.2, 0.25) is 0 Å². The van der Waals surface area contributed by atoms with Gasteiger partial charge in [0.25, 0.3) is 0 Å². The molecule has 32 heavy (non-hydrogen) atoms. The molecule has 0 amide bonds. The number of benzene rings is 3. The summed E-state index contributed by atoms with van der Waals surface area (Å²) in [5.74, 6) is 0.812. The van der Waals surface area contributed by atoms with Gasteiger partial charge in [0, 0.05) is 15.8 Å². The molecule has 0 aliphatic carbocycles.